The normalized spacial score (nSPS) is 12.6. The number of nitrogens with zero attached hydrogens (tertiary/aromatic N) is 1. The molecule has 2 amide bonds. The number of benzene rings is 2. The summed E-state index contributed by atoms with van der Waals surface area (Å²) < 4.78 is 10.9. The first-order chi connectivity index (χ1) is 15.3. The third-order valence-electron chi connectivity index (χ3n) is 5.14. The van der Waals surface area contributed by atoms with Crippen LogP contribution in [-0.2, 0) is 16.1 Å². The minimum atomic E-state index is -0.636. The second kappa shape index (κ2) is 12.6. The van der Waals surface area contributed by atoms with Gasteiger partial charge in [-0.15, -0.1) is 0 Å². The number of amides is 2. The fraction of sp³-hybridized carbons (Fsp3) is 0.417. The van der Waals surface area contributed by atoms with Crippen molar-refractivity contribution >= 4 is 35.0 Å². The molecule has 6 nitrogen and oxygen atoms in total. The van der Waals surface area contributed by atoms with Crippen molar-refractivity contribution in [2.24, 2.45) is 0 Å². The summed E-state index contributed by atoms with van der Waals surface area (Å²) in [6.45, 7) is 5.81. The van der Waals surface area contributed by atoms with Gasteiger partial charge in [0.2, 0.25) is 5.91 Å². The molecule has 2 aromatic rings. The molecule has 0 aliphatic carbocycles. The molecule has 0 aromatic heterocycles. The average Bonchev–Trinajstić information content (AvgIpc) is 2.78. The molecular weight excluding hydrogens is 451 g/mol. The number of rotatable bonds is 11. The van der Waals surface area contributed by atoms with Gasteiger partial charge in [-0.05, 0) is 55.7 Å². The van der Waals surface area contributed by atoms with E-state index in [1.54, 1.807) is 30.2 Å². The number of ether oxygens (including phenoxy) is 2. The third-order valence-corrected chi connectivity index (χ3v) is 5.67. The van der Waals surface area contributed by atoms with E-state index in [1.165, 1.54) is 0 Å². The van der Waals surface area contributed by atoms with Crippen LogP contribution in [0.15, 0.2) is 42.5 Å². The molecule has 174 valence electrons. The van der Waals surface area contributed by atoms with Crippen LogP contribution in [0.4, 0.5) is 0 Å². The quantitative estimate of drug-likeness (QED) is 0.485. The number of halogens is 2. The first-order valence-electron chi connectivity index (χ1n) is 10.6. The summed E-state index contributed by atoms with van der Waals surface area (Å²) in [7, 11) is 1.59. The van der Waals surface area contributed by atoms with Gasteiger partial charge in [-0.3, -0.25) is 9.59 Å². The molecule has 2 aromatic carbocycles. The summed E-state index contributed by atoms with van der Waals surface area (Å²) in [5.74, 6) is 0.561. The lowest BCUT2D eigenvalue weighted by atomic mass is 10.1. The molecule has 0 unspecified atom stereocenters. The molecule has 1 N–H and O–H groups in total. The molecule has 32 heavy (non-hydrogen) atoms. The molecule has 8 heteroatoms. The van der Waals surface area contributed by atoms with Gasteiger partial charge in [0.1, 0.15) is 17.5 Å². The van der Waals surface area contributed by atoms with E-state index in [0.717, 1.165) is 12.0 Å². The Kier molecular flexibility index (Phi) is 10.1. The van der Waals surface area contributed by atoms with E-state index in [1.807, 2.05) is 45.0 Å². The Morgan fingerprint density at radius 2 is 1.75 bits per heavy atom. The average molecular weight is 481 g/mol. The number of hydrogen-bond acceptors (Lipinski definition) is 4. The molecule has 0 fully saturated rings. The van der Waals surface area contributed by atoms with Crippen molar-refractivity contribution in [2.75, 3.05) is 13.7 Å². The summed E-state index contributed by atoms with van der Waals surface area (Å²) in [4.78, 5) is 27.7. The summed E-state index contributed by atoms with van der Waals surface area (Å²) >= 11 is 12.1. The van der Waals surface area contributed by atoms with Gasteiger partial charge in [0.15, 0.2) is 6.61 Å². The highest BCUT2D eigenvalue weighted by Gasteiger charge is 2.29. The number of methoxy groups -OCH3 is 1. The molecule has 0 saturated heterocycles. The van der Waals surface area contributed by atoms with Gasteiger partial charge in [-0.2, -0.15) is 0 Å². The van der Waals surface area contributed by atoms with E-state index in [0.29, 0.717) is 28.0 Å². The number of nitrogens with one attached hydrogen (secondary N) is 1. The minimum absolute atomic E-state index is 0.0126. The smallest absolute Gasteiger partial charge is 0.261 e. The lowest BCUT2D eigenvalue weighted by Gasteiger charge is -2.31. The van der Waals surface area contributed by atoms with Gasteiger partial charge in [-0.25, -0.2) is 0 Å². The maximum atomic E-state index is 13.2. The van der Waals surface area contributed by atoms with Crippen LogP contribution in [0.5, 0.6) is 11.5 Å². The van der Waals surface area contributed by atoms with Gasteiger partial charge < -0.3 is 19.7 Å². The van der Waals surface area contributed by atoms with Crippen molar-refractivity contribution in [1.29, 1.82) is 0 Å². The largest absolute Gasteiger partial charge is 0.497 e. The van der Waals surface area contributed by atoms with Crippen LogP contribution < -0.4 is 14.8 Å². The Hall–Kier alpha value is -2.44. The predicted octanol–water partition coefficient (Wildman–Crippen LogP) is 5.10. The molecule has 0 aliphatic heterocycles. The molecule has 0 saturated carbocycles. The topological polar surface area (TPSA) is 67.9 Å². The summed E-state index contributed by atoms with van der Waals surface area (Å²) in [6.07, 6.45) is 1.26. The second-order valence-corrected chi connectivity index (χ2v) is 8.32. The Balaban J connectivity index is 2.23. The van der Waals surface area contributed by atoms with Gasteiger partial charge in [0.05, 0.1) is 12.1 Å². The predicted molar refractivity (Wildman–Crippen MR) is 127 cm³/mol. The maximum Gasteiger partial charge on any atom is 0.261 e. The highest BCUT2D eigenvalue weighted by molar-refractivity contribution is 6.35. The van der Waals surface area contributed by atoms with Crippen molar-refractivity contribution in [3.8, 4) is 11.5 Å². The van der Waals surface area contributed by atoms with Crippen LogP contribution in [0, 0.1) is 0 Å². The highest BCUT2D eigenvalue weighted by Crippen LogP contribution is 2.27. The van der Waals surface area contributed by atoms with Crippen LogP contribution in [0.1, 0.15) is 39.2 Å². The van der Waals surface area contributed by atoms with Crippen LogP contribution in [0.3, 0.4) is 0 Å². The zero-order valence-electron chi connectivity index (χ0n) is 18.9. The van der Waals surface area contributed by atoms with Crippen molar-refractivity contribution in [3.05, 3.63) is 58.1 Å². The zero-order chi connectivity index (χ0) is 23.7. The van der Waals surface area contributed by atoms with Crippen molar-refractivity contribution < 1.29 is 19.1 Å². The van der Waals surface area contributed by atoms with Crippen LogP contribution in [0.2, 0.25) is 10.0 Å². The molecule has 2 rings (SSSR count). The van der Waals surface area contributed by atoms with E-state index >= 15 is 0 Å². The minimum Gasteiger partial charge on any atom is -0.497 e. The first-order valence-corrected chi connectivity index (χ1v) is 11.3. The van der Waals surface area contributed by atoms with Gasteiger partial charge >= 0.3 is 0 Å². The lowest BCUT2D eigenvalue weighted by Crippen LogP contribution is -2.51. The molecular formula is C24H30Cl2N2O4. The lowest BCUT2D eigenvalue weighted by molar-refractivity contribution is -0.143. The molecule has 0 heterocycles. The summed E-state index contributed by atoms with van der Waals surface area (Å²) in [5.41, 5.74) is 0.874. The molecule has 2 atom stereocenters. The van der Waals surface area contributed by atoms with Gasteiger partial charge in [0.25, 0.3) is 5.91 Å². The highest BCUT2D eigenvalue weighted by atomic mass is 35.5. The number of carbonyl (C=O) groups is 2. The fourth-order valence-electron chi connectivity index (χ4n) is 3.10. The third kappa shape index (κ3) is 7.31. The van der Waals surface area contributed by atoms with E-state index in [2.05, 4.69) is 5.32 Å². The van der Waals surface area contributed by atoms with Crippen LogP contribution in [-0.4, -0.2) is 42.5 Å². The first kappa shape index (κ1) is 25.8. The van der Waals surface area contributed by atoms with E-state index < -0.39 is 6.04 Å². The fourth-order valence-corrected chi connectivity index (χ4v) is 3.57. The zero-order valence-corrected chi connectivity index (χ0v) is 20.4. The molecule has 0 radical (unpaired) electrons. The van der Waals surface area contributed by atoms with Crippen LogP contribution >= 0.6 is 23.2 Å². The van der Waals surface area contributed by atoms with Crippen molar-refractivity contribution in [2.45, 2.75) is 52.2 Å². The van der Waals surface area contributed by atoms with Crippen LogP contribution in [0.25, 0.3) is 0 Å². The Morgan fingerprint density at radius 3 is 2.31 bits per heavy atom. The standard InChI is InChI=1S/C24H30Cl2N2O4/c1-5-16(3)27-24(30)21(6-2)28(14-17-7-10-19(31-4)11-8-17)23(29)15-32-22-12-9-18(25)13-20(22)26/h7-13,16,21H,5-6,14-15H2,1-4H3,(H,27,30)/t16-,21+/m0/s1. The monoisotopic (exact) mass is 480 g/mol. The molecule has 0 spiro atoms. The van der Waals surface area contributed by atoms with Crippen molar-refractivity contribution in [3.63, 3.8) is 0 Å². The Bertz CT molecular complexity index is 905. The maximum absolute atomic E-state index is 13.2. The number of carbonyl (C=O) groups excluding carboxylic acids is 2. The summed E-state index contributed by atoms with van der Waals surface area (Å²) in [5, 5.41) is 3.77. The number of hydrogen-bond donors (Lipinski definition) is 1. The molecule has 0 bridgehead atoms. The van der Waals surface area contributed by atoms with E-state index in [-0.39, 0.29) is 31.0 Å². The Morgan fingerprint density at radius 1 is 1.06 bits per heavy atom. The second-order valence-electron chi connectivity index (χ2n) is 7.48. The van der Waals surface area contributed by atoms with Crippen molar-refractivity contribution in [1.82, 2.24) is 10.2 Å². The van der Waals surface area contributed by atoms with E-state index in [9.17, 15) is 9.59 Å². The van der Waals surface area contributed by atoms with Gasteiger partial charge in [-0.1, -0.05) is 49.2 Å². The van der Waals surface area contributed by atoms with E-state index in [4.69, 9.17) is 32.7 Å². The Labute approximate surface area is 199 Å². The SMILES string of the molecule is CC[C@H](C(=O)N[C@@H](C)CC)N(Cc1ccc(OC)cc1)C(=O)COc1ccc(Cl)cc1Cl. The van der Waals surface area contributed by atoms with Gasteiger partial charge in [0, 0.05) is 17.6 Å². The summed E-state index contributed by atoms with van der Waals surface area (Å²) in [6, 6.07) is 11.6. The molecule has 0 aliphatic rings.